The lowest BCUT2D eigenvalue weighted by Crippen LogP contribution is -2.18. The number of ether oxygens (including phenoxy) is 1. The summed E-state index contributed by atoms with van der Waals surface area (Å²) in [5, 5.41) is 6.45. The summed E-state index contributed by atoms with van der Waals surface area (Å²) in [4.78, 5) is 16.1. The first-order valence-electron chi connectivity index (χ1n) is 7.10. The molecule has 3 aromatic rings. The highest BCUT2D eigenvalue weighted by atomic mass is 32.2. The second kappa shape index (κ2) is 6.28. The van der Waals surface area contributed by atoms with Gasteiger partial charge in [0.25, 0.3) is 10.0 Å². The molecule has 0 spiro atoms. The van der Waals surface area contributed by atoms with Gasteiger partial charge >= 0.3 is 5.97 Å². The number of nitrogens with one attached hydrogen (secondary N) is 2. The monoisotopic (exact) mass is 346 g/mol. The van der Waals surface area contributed by atoms with Crippen molar-refractivity contribution < 1.29 is 17.9 Å². The highest BCUT2D eigenvalue weighted by molar-refractivity contribution is 7.92. The molecule has 0 saturated heterocycles. The smallest absolute Gasteiger partial charge is 0.342 e. The minimum atomic E-state index is -4.06. The number of anilines is 1. The number of nitrogens with zero attached hydrogens (tertiary/aromatic N) is 2. The number of pyridine rings is 1. The molecule has 24 heavy (non-hydrogen) atoms. The van der Waals surface area contributed by atoms with Crippen LogP contribution in [0.1, 0.15) is 17.3 Å². The van der Waals surface area contributed by atoms with E-state index in [9.17, 15) is 13.2 Å². The van der Waals surface area contributed by atoms with Gasteiger partial charge in [0.1, 0.15) is 11.4 Å². The molecule has 8 nitrogen and oxygen atoms in total. The first kappa shape index (κ1) is 15.9. The van der Waals surface area contributed by atoms with Gasteiger partial charge in [-0.3, -0.25) is 9.82 Å². The molecule has 2 aromatic heterocycles. The van der Waals surface area contributed by atoms with Crippen LogP contribution in [0.15, 0.2) is 47.6 Å². The number of H-pyrrole nitrogens is 1. The van der Waals surface area contributed by atoms with Gasteiger partial charge in [0.05, 0.1) is 18.3 Å². The summed E-state index contributed by atoms with van der Waals surface area (Å²) in [6.45, 7) is 1.76. The number of hydrogen-bond donors (Lipinski definition) is 2. The largest absolute Gasteiger partial charge is 0.462 e. The van der Waals surface area contributed by atoms with Gasteiger partial charge in [-0.2, -0.15) is 13.5 Å². The number of aromatic nitrogens is 3. The summed E-state index contributed by atoms with van der Waals surface area (Å²) in [5.74, 6) is -0.629. The SMILES string of the molecule is CCOC(=O)c1cn[nH]c1S(=O)(=O)Nc1ccc2ccccc2n1. The number of para-hydroxylation sites is 1. The number of rotatable bonds is 5. The van der Waals surface area contributed by atoms with Gasteiger partial charge in [0, 0.05) is 5.39 Å². The van der Waals surface area contributed by atoms with Crippen LogP contribution in [0, 0.1) is 0 Å². The summed E-state index contributed by atoms with van der Waals surface area (Å²) >= 11 is 0. The van der Waals surface area contributed by atoms with Crippen molar-refractivity contribution in [2.45, 2.75) is 11.9 Å². The van der Waals surface area contributed by atoms with E-state index in [2.05, 4.69) is 19.9 Å². The third-order valence-electron chi connectivity index (χ3n) is 3.21. The maximum absolute atomic E-state index is 12.5. The van der Waals surface area contributed by atoms with E-state index in [1.54, 1.807) is 31.2 Å². The normalized spacial score (nSPS) is 11.4. The van der Waals surface area contributed by atoms with Crippen molar-refractivity contribution in [2.24, 2.45) is 0 Å². The van der Waals surface area contributed by atoms with Gasteiger partial charge in [-0.15, -0.1) is 0 Å². The third kappa shape index (κ3) is 3.06. The average Bonchev–Trinajstić information content (AvgIpc) is 3.05. The van der Waals surface area contributed by atoms with E-state index >= 15 is 0 Å². The Hall–Kier alpha value is -2.94. The molecule has 124 valence electrons. The minimum Gasteiger partial charge on any atom is -0.462 e. The van der Waals surface area contributed by atoms with Gasteiger partial charge in [0.15, 0.2) is 5.03 Å². The number of sulfonamides is 1. The molecule has 2 N–H and O–H groups in total. The predicted molar refractivity (Wildman–Crippen MR) is 87.1 cm³/mol. The molecular weight excluding hydrogens is 332 g/mol. The Morgan fingerprint density at radius 3 is 2.83 bits per heavy atom. The van der Waals surface area contributed by atoms with Crippen LogP contribution < -0.4 is 4.72 Å². The van der Waals surface area contributed by atoms with E-state index < -0.39 is 16.0 Å². The van der Waals surface area contributed by atoms with Crippen LogP contribution in [0.3, 0.4) is 0 Å². The lowest BCUT2D eigenvalue weighted by Gasteiger charge is -2.08. The Labute approximate surface area is 137 Å². The molecular formula is C15H14N4O4S. The van der Waals surface area contributed by atoms with Crippen molar-refractivity contribution in [2.75, 3.05) is 11.3 Å². The van der Waals surface area contributed by atoms with Crippen LogP contribution in [-0.4, -0.2) is 36.2 Å². The van der Waals surface area contributed by atoms with Crippen molar-refractivity contribution >= 4 is 32.7 Å². The van der Waals surface area contributed by atoms with E-state index in [4.69, 9.17) is 4.74 Å². The standard InChI is InChI=1S/C15H14N4O4S/c1-2-23-15(20)11-9-16-18-14(11)24(21,22)19-13-8-7-10-5-3-4-6-12(10)17-13/h3-9H,2H2,1H3,(H,16,18)(H,17,19). The Morgan fingerprint density at radius 1 is 1.25 bits per heavy atom. The Balaban J connectivity index is 1.93. The minimum absolute atomic E-state index is 0.128. The van der Waals surface area contributed by atoms with Crippen LogP contribution in [-0.2, 0) is 14.8 Å². The number of esters is 1. The number of carbonyl (C=O) groups excluding carboxylic acids is 1. The zero-order valence-corrected chi connectivity index (χ0v) is 13.5. The topological polar surface area (TPSA) is 114 Å². The molecule has 3 rings (SSSR count). The summed E-state index contributed by atoms with van der Waals surface area (Å²) in [6, 6.07) is 10.6. The van der Waals surface area contributed by atoms with Gasteiger partial charge in [-0.1, -0.05) is 18.2 Å². The summed E-state index contributed by atoms with van der Waals surface area (Å²) < 4.78 is 32.2. The van der Waals surface area contributed by atoms with Gasteiger partial charge in [-0.25, -0.2) is 9.78 Å². The predicted octanol–water partition coefficient (Wildman–Crippen LogP) is 1.94. The Bertz CT molecular complexity index is 997. The molecule has 0 aliphatic carbocycles. The molecule has 2 heterocycles. The van der Waals surface area contributed by atoms with Crippen LogP contribution in [0.4, 0.5) is 5.82 Å². The second-order valence-corrected chi connectivity index (χ2v) is 6.45. The van der Waals surface area contributed by atoms with Gasteiger partial charge in [0.2, 0.25) is 0 Å². The zero-order chi connectivity index (χ0) is 17.2. The molecule has 0 aliphatic heterocycles. The first-order chi connectivity index (χ1) is 11.5. The zero-order valence-electron chi connectivity index (χ0n) is 12.7. The molecule has 0 amide bonds. The van der Waals surface area contributed by atoms with Crippen molar-refractivity contribution in [1.82, 2.24) is 15.2 Å². The quantitative estimate of drug-likeness (QED) is 0.682. The second-order valence-electron chi connectivity index (χ2n) is 4.83. The fraction of sp³-hybridized carbons (Fsp3) is 0.133. The highest BCUT2D eigenvalue weighted by Crippen LogP contribution is 2.19. The lowest BCUT2D eigenvalue weighted by molar-refractivity contribution is 0.0522. The van der Waals surface area contributed by atoms with Crippen molar-refractivity contribution in [1.29, 1.82) is 0 Å². The van der Waals surface area contributed by atoms with Crippen LogP contribution in [0.25, 0.3) is 10.9 Å². The maximum Gasteiger partial charge on any atom is 0.342 e. The maximum atomic E-state index is 12.5. The van der Waals surface area contributed by atoms with E-state index in [0.29, 0.717) is 5.52 Å². The molecule has 0 bridgehead atoms. The van der Waals surface area contributed by atoms with E-state index in [0.717, 1.165) is 11.6 Å². The van der Waals surface area contributed by atoms with Crippen LogP contribution >= 0.6 is 0 Å². The van der Waals surface area contributed by atoms with Crippen LogP contribution in [0.5, 0.6) is 0 Å². The third-order valence-corrected chi connectivity index (χ3v) is 4.53. The van der Waals surface area contributed by atoms with E-state index in [1.807, 2.05) is 12.1 Å². The van der Waals surface area contributed by atoms with Gasteiger partial charge < -0.3 is 4.74 Å². The Kier molecular flexibility index (Phi) is 4.17. The van der Waals surface area contributed by atoms with Crippen molar-refractivity contribution in [3.63, 3.8) is 0 Å². The fourth-order valence-corrected chi connectivity index (χ4v) is 3.23. The molecule has 0 saturated carbocycles. The molecule has 0 radical (unpaired) electrons. The Morgan fingerprint density at radius 2 is 2.04 bits per heavy atom. The molecule has 0 unspecified atom stereocenters. The lowest BCUT2D eigenvalue weighted by atomic mass is 10.2. The van der Waals surface area contributed by atoms with Crippen molar-refractivity contribution in [3.05, 3.63) is 48.2 Å². The summed E-state index contributed by atoms with van der Waals surface area (Å²) in [6.07, 6.45) is 1.11. The van der Waals surface area contributed by atoms with Crippen molar-refractivity contribution in [3.8, 4) is 0 Å². The number of hydrogen-bond acceptors (Lipinski definition) is 6. The average molecular weight is 346 g/mol. The van der Waals surface area contributed by atoms with Crippen LogP contribution in [0.2, 0.25) is 0 Å². The number of aromatic amines is 1. The molecule has 0 fully saturated rings. The summed E-state index contributed by atoms with van der Waals surface area (Å²) in [5.41, 5.74) is 0.484. The number of benzene rings is 1. The van der Waals surface area contributed by atoms with E-state index in [1.165, 1.54) is 0 Å². The van der Waals surface area contributed by atoms with Gasteiger partial charge in [-0.05, 0) is 25.1 Å². The molecule has 0 aliphatic rings. The molecule has 9 heteroatoms. The van der Waals surface area contributed by atoms with E-state index in [-0.39, 0.29) is 23.0 Å². The summed E-state index contributed by atoms with van der Waals surface area (Å²) in [7, 11) is -4.06. The number of fused-ring (bicyclic) bond motifs is 1. The highest BCUT2D eigenvalue weighted by Gasteiger charge is 2.26. The fourth-order valence-electron chi connectivity index (χ4n) is 2.14. The molecule has 1 aromatic carbocycles. The number of carbonyl (C=O) groups is 1. The first-order valence-corrected chi connectivity index (χ1v) is 8.58. The molecule has 0 atom stereocenters.